The predicted molar refractivity (Wildman–Crippen MR) is 142 cm³/mol. The fourth-order valence-corrected chi connectivity index (χ4v) is 4.58. The molecule has 0 atom stereocenters. The molecule has 1 nitrogen and oxygen atoms in total. The van der Waals surface area contributed by atoms with Crippen molar-refractivity contribution in [2.24, 2.45) is 0 Å². The molecule has 162 valence electrons. The lowest BCUT2D eigenvalue weighted by molar-refractivity contribution is 0.635. The Labute approximate surface area is 198 Å². The number of benzene rings is 6. The lowest BCUT2D eigenvalue weighted by Gasteiger charge is -2.15. The largest absolute Gasteiger partial charge is 0.353 e. The highest BCUT2D eigenvalue weighted by Gasteiger charge is 2.14. The van der Waals surface area contributed by atoms with E-state index < -0.39 is 0 Å². The Kier molecular flexibility index (Phi) is 5.04. The van der Waals surface area contributed by atoms with Gasteiger partial charge in [-0.25, -0.2) is 4.39 Å². The molecule has 34 heavy (non-hydrogen) atoms. The van der Waals surface area contributed by atoms with Crippen molar-refractivity contribution in [2.45, 2.75) is 0 Å². The normalized spacial score (nSPS) is 11.1. The standard InChI is InChI=1S/C32H22FN/c33-32-30(23-11-5-2-6-12-23)19-26(22-9-3-1-4-10-22)20-31(32)34-27-18-17-25-16-15-24-13-7-8-14-28(24)29(25)21-27/h1-21,34H. The van der Waals surface area contributed by atoms with Crippen LogP contribution < -0.4 is 5.32 Å². The van der Waals surface area contributed by atoms with E-state index >= 15 is 4.39 Å². The molecule has 6 rings (SSSR count). The number of hydrogen-bond donors (Lipinski definition) is 1. The van der Waals surface area contributed by atoms with E-state index in [2.05, 4.69) is 47.8 Å². The van der Waals surface area contributed by atoms with Crippen LogP contribution in [0.4, 0.5) is 15.8 Å². The van der Waals surface area contributed by atoms with Gasteiger partial charge in [-0.05, 0) is 62.5 Å². The van der Waals surface area contributed by atoms with Gasteiger partial charge < -0.3 is 5.32 Å². The van der Waals surface area contributed by atoms with Gasteiger partial charge in [0.2, 0.25) is 0 Å². The first-order chi connectivity index (χ1) is 16.8. The van der Waals surface area contributed by atoms with Gasteiger partial charge in [-0.15, -0.1) is 0 Å². The minimum Gasteiger partial charge on any atom is -0.353 e. The zero-order valence-electron chi connectivity index (χ0n) is 18.5. The number of nitrogens with one attached hydrogen (secondary N) is 1. The van der Waals surface area contributed by atoms with Crippen LogP contribution in [0.25, 0.3) is 43.8 Å². The van der Waals surface area contributed by atoms with Gasteiger partial charge in [0.25, 0.3) is 0 Å². The van der Waals surface area contributed by atoms with Crippen LogP contribution in [0.15, 0.2) is 127 Å². The minimum atomic E-state index is -0.260. The van der Waals surface area contributed by atoms with E-state index in [1.54, 1.807) is 0 Å². The summed E-state index contributed by atoms with van der Waals surface area (Å²) in [5.74, 6) is -0.260. The van der Waals surface area contributed by atoms with Gasteiger partial charge in [0.15, 0.2) is 5.82 Å². The van der Waals surface area contributed by atoms with Gasteiger partial charge in [-0.2, -0.15) is 0 Å². The fourth-order valence-electron chi connectivity index (χ4n) is 4.58. The highest BCUT2D eigenvalue weighted by atomic mass is 19.1. The maximum absolute atomic E-state index is 15.8. The van der Waals surface area contributed by atoms with Gasteiger partial charge in [-0.3, -0.25) is 0 Å². The third kappa shape index (κ3) is 3.70. The molecule has 0 bridgehead atoms. The third-order valence-electron chi connectivity index (χ3n) is 6.29. The highest BCUT2D eigenvalue weighted by molar-refractivity contribution is 6.08. The molecule has 2 heteroatoms. The fraction of sp³-hybridized carbons (Fsp3) is 0. The molecule has 1 N–H and O–H groups in total. The van der Waals surface area contributed by atoms with Crippen molar-refractivity contribution in [1.29, 1.82) is 0 Å². The molecule has 0 spiro atoms. The maximum atomic E-state index is 15.8. The Bertz CT molecular complexity index is 1620. The maximum Gasteiger partial charge on any atom is 0.154 e. The third-order valence-corrected chi connectivity index (χ3v) is 6.29. The second-order valence-corrected chi connectivity index (χ2v) is 8.47. The van der Waals surface area contributed by atoms with Gasteiger partial charge in [-0.1, -0.05) is 103 Å². The number of fused-ring (bicyclic) bond motifs is 3. The summed E-state index contributed by atoms with van der Waals surface area (Å²) in [4.78, 5) is 0. The van der Waals surface area contributed by atoms with Crippen LogP contribution in [0.1, 0.15) is 0 Å². The Morgan fingerprint density at radius 2 is 1.09 bits per heavy atom. The smallest absolute Gasteiger partial charge is 0.154 e. The van der Waals surface area contributed by atoms with Crippen molar-refractivity contribution < 1.29 is 4.39 Å². The Morgan fingerprint density at radius 3 is 1.85 bits per heavy atom. The average Bonchev–Trinajstić information content (AvgIpc) is 2.91. The van der Waals surface area contributed by atoms with Gasteiger partial charge in [0, 0.05) is 11.3 Å². The van der Waals surface area contributed by atoms with E-state index in [0.29, 0.717) is 11.3 Å². The van der Waals surface area contributed by atoms with Gasteiger partial charge in [0.05, 0.1) is 5.69 Å². The summed E-state index contributed by atoms with van der Waals surface area (Å²) < 4.78 is 15.8. The van der Waals surface area contributed by atoms with Crippen LogP contribution >= 0.6 is 0 Å². The van der Waals surface area contributed by atoms with Crippen LogP contribution in [-0.2, 0) is 0 Å². The molecule has 0 unspecified atom stereocenters. The van der Waals surface area contributed by atoms with E-state index in [9.17, 15) is 0 Å². The zero-order valence-corrected chi connectivity index (χ0v) is 18.5. The minimum absolute atomic E-state index is 0.260. The number of rotatable bonds is 4. The van der Waals surface area contributed by atoms with E-state index in [4.69, 9.17) is 0 Å². The van der Waals surface area contributed by atoms with Crippen molar-refractivity contribution in [3.8, 4) is 22.3 Å². The van der Waals surface area contributed by atoms with Crippen molar-refractivity contribution in [1.82, 2.24) is 0 Å². The Balaban J connectivity index is 1.50. The molecular weight excluding hydrogens is 417 g/mol. The molecule has 0 saturated carbocycles. The lowest BCUT2D eigenvalue weighted by atomic mass is 9.97. The topological polar surface area (TPSA) is 12.0 Å². The van der Waals surface area contributed by atoms with Crippen LogP contribution in [0.5, 0.6) is 0 Å². The number of halogens is 1. The Morgan fingerprint density at radius 1 is 0.471 bits per heavy atom. The number of hydrogen-bond acceptors (Lipinski definition) is 1. The van der Waals surface area contributed by atoms with Gasteiger partial charge >= 0.3 is 0 Å². The van der Waals surface area contributed by atoms with Crippen LogP contribution in [0.3, 0.4) is 0 Å². The lowest BCUT2D eigenvalue weighted by Crippen LogP contribution is -1.98. The monoisotopic (exact) mass is 439 g/mol. The molecule has 6 aromatic carbocycles. The van der Waals surface area contributed by atoms with E-state index in [0.717, 1.165) is 33.2 Å². The molecule has 0 aromatic heterocycles. The summed E-state index contributed by atoms with van der Waals surface area (Å²) in [7, 11) is 0. The summed E-state index contributed by atoms with van der Waals surface area (Å²) in [6.07, 6.45) is 0. The first-order valence-electron chi connectivity index (χ1n) is 11.4. The summed E-state index contributed by atoms with van der Waals surface area (Å²) in [5.41, 5.74) is 4.76. The molecule has 6 aromatic rings. The number of anilines is 2. The Hall–Kier alpha value is -4.43. The second-order valence-electron chi connectivity index (χ2n) is 8.47. The molecule has 0 radical (unpaired) electrons. The predicted octanol–water partition coefficient (Wildman–Crippen LogP) is 9.21. The molecular formula is C32H22FN. The van der Waals surface area contributed by atoms with Gasteiger partial charge in [0.1, 0.15) is 0 Å². The second kappa shape index (κ2) is 8.49. The molecule has 0 amide bonds. The molecule has 0 aliphatic heterocycles. The van der Waals surface area contributed by atoms with E-state index in [-0.39, 0.29) is 5.82 Å². The summed E-state index contributed by atoms with van der Waals surface area (Å²) in [6.45, 7) is 0. The quantitative estimate of drug-likeness (QED) is 0.270. The summed E-state index contributed by atoms with van der Waals surface area (Å²) >= 11 is 0. The molecule has 0 saturated heterocycles. The van der Waals surface area contributed by atoms with E-state index in [1.807, 2.05) is 84.9 Å². The summed E-state index contributed by atoms with van der Waals surface area (Å²) in [5, 5.41) is 8.06. The highest BCUT2D eigenvalue weighted by Crippen LogP contribution is 2.36. The summed E-state index contributed by atoms with van der Waals surface area (Å²) in [6, 6.07) is 42.4. The first kappa shape index (κ1) is 20.2. The molecule has 0 fully saturated rings. The molecule has 0 aliphatic rings. The average molecular weight is 440 g/mol. The van der Waals surface area contributed by atoms with Crippen molar-refractivity contribution in [2.75, 3.05) is 5.32 Å². The van der Waals surface area contributed by atoms with Crippen LogP contribution in [0, 0.1) is 5.82 Å². The van der Waals surface area contributed by atoms with E-state index in [1.165, 1.54) is 10.8 Å². The molecule has 0 heterocycles. The van der Waals surface area contributed by atoms with Crippen molar-refractivity contribution >= 4 is 32.9 Å². The van der Waals surface area contributed by atoms with Crippen molar-refractivity contribution in [3.63, 3.8) is 0 Å². The SMILES string of the molecule is Fc1c(Nc2ccc3ccc4ccccc4c3c2)cc(-c2ccccc2)cc1-c1ccccc1. The van der Waals surface area contributed by atoms with Crippen LogP contribution in [0.2, 0.25) is 0 Å². The first-order valence-corrected chi connectivity index (χ1v) is 11.4. The molecule has 0 aliphatic carbocycles. The van der Waals surface area contributed by atoms with Crippen LogP contribution in [-0.4, -0.2) is 0 Å². The zero-order chi connectivity index (χ0) is 22.9. The van der Waals surface area contributed by atoms with Crippen molar-refractivity contribution in [3.05, 3.63) is 133 Å².